The summed E-state index contributed by atoms with van der Waals surface area (Å²) in [5.74, 6) is 0.599. The molecular weight excluding hydrogens is 315 g/mol. The lowest BCUT2D eigenvalue weighted by molar-refractivity contribution is -0.131. The summed E-state index contributed by atoms with van der Waals surface area (Å²) in [4.78, 5) is 18.3. The number of carbonyl (C=O) groups is 1. The minimum Gasteiger partial charge on any atom is -0.431 e. The average molecular weight is 336 g/mol. The summed E-state index contributed by atoms with van der Waals surface area (Å²) >= 11 is 1.27. The van der Waals surface area contributed by atoms with Crippen LogP contribution in [0.25, 0.3) is 11.3 Å². The number of amides is 1. The summed E-state index contributed by atoms with van der Waals surface area (Å²) in [5.41, 5.74) is 0.753. The summed E-state index contributed by atoms with van der Waals surface area (Å²) in [6, 6.07) is 6.32. The van der Waals surface area contributed by atoms with E-state index < -0.39 is 0 Å². The van der Waals surface area contributed by atoms with Gasteiger partial charge < -0.3 is 9.32 Å². The molecule has 2 aromatic rings. The van der Waals surface area contributed by atoms with E-state index in [4.69, 9.17) is 4.42 Å². The highest BCUT2D eigenvalue weighted by Crippen LogP contribution is 2.26. The Hall–Kier alpha value is -1.82. The highest BCUT2D eigenvalue weighted by Gasteiger charge is 2.20. The van der Waals surface area contributed by atoms with E-state index in [-0.39, 0.29) is 29.6 Å². The van der Waals surface area contributed by atoms with Crippen LogP contribution in [0.3, 0.4) is 0 Å². The summed E-state index contributed by atoms with van der Waals surface area (Å²) in [6.07, 6.45) is 1.59. The minimum atomic E-state index is -0.295. The van der Waals surface area contributed by atoms with Gasteiger partial charge >= 0.3 is 0 Å². The fourth-order valence-electron chi connectivity index (χ4n) is 2.44. The maximum atomic E-state index is 12.9. The number of aromatic nitrogens is 1. The van der Waals surface area contributed by atoms with E-state index in [1.165, 1.54) is 23.9 Å². The largest absolute Gasteiger partial charge is 0.431 e. The van der Waals surface area contributed by atoms with Crippen molar-refractivity contribution in [3.63, 3.8) is 0 Å². The molecule has 0 aliphatic heterocycles. The lowest BCUT2D eigenvalue weighted by atomic mass is 10.2. The van der Waals surface area contributed by atoms with Gasteiger partial charge in [0.1, 0.15) is 5.82 Å². The molecule has 0 aliphatic rings. The molecule has 124 valence electrons. The number of thioether (sulfide) groups is 1. The fourth-order valence-corrected chi connectivity index (χ4v) is 3.11. The van der Waals surface area contributed by atoms with Crippen LogP contribution in [0, 0.1) is 5.82 Å². The molecule has 1 heterocycles. The van der Waals surface area contributed by atoms with Crippen molar-refractivity contribution in [3.8, 4) is 11.3 Å². The van der Waals surface area contributed by atoms with Crippen molar-refractivity contribution in [1.82, 2.24) is 9.88 Å². The van der Waals surface area contributed by atoms with Gasteiger partial charge in [0.15, 0.2) is 5.76 Å². The molecule has 1 amide bonds. The predicted octanol–water partition coefficient (Wildman–Crippen LogP) is 4.22. The third kappa shape index (κ3) is 4.58. The van der Waals surface area contributed by atoms with E-state index in [0.717, 1.165) is 5.56 Å². The van der Waals surface area contributed by atoms with Gasteiger partial charge in [0.05, 0.1) is 11.9 Å². The van der Waals surface area contributed by atoms with Gasteiger partial charge in [-0.3, -0.25) is 4.79 Å². The number of oxazole rings is 1. The van der Waals surface area contributed by atoms with Crippen LogP contribution in [0.2, 0.25) is 0 Å². The average Bonchev–Trinajstić information content (AvgIpc) is 2.94. The van der Waals surface area contributed by atoms with Crippen LogP contribution in [0.1, 0.15) is 27.7 Å². The number of benzene rings is 1. The molecule has 2 rings (SSSR count). The molecule has 0 saturated carbocycles. The van der Waals surface area contributed by atoms with Gasteiger partial charge in [-0.1, -0.05) is 11.8 Å². The predicted molar refractivity (Wildman–Crippen MR) is 89.7 cm³/mol. The van der Waals surface area contributed by atoms with Crippen molar-refractivity contribution in [2.24, 2.45) is 0 Å². The third-order valence-corrected chi connectivity index (χ3v) is 4.16. The van der Waals surface area contributed by atoms with Gasteiger partial charge in [0, 0.05) is 17.6 Å². The van der Waals surface area contributed by atoms with Gasteiger partial charge in [-0.05, 0) is 52.0 Å². The van der Waals surface area contributed by atoms with Crippen LogP contribution in [0.5, 0.6) is 0 Å². The number of halogens is 1. The molecule has 0 spiro atoms. The zero-order valence-corrected chi connectivity index (χ0v) is 14.6. The molecule has 1 aromatic carbocycles. The first-order valence-electron chi connectivity index (χ1n) is 7.54. The highest BCUT2D eigenvalue weighted by molar-refractivity contribution is 7.99. The highest BCUT2D eigenvalue weighted by atomic mass is 32.2. The molecule has 0 N–H and O–H groups in total. The van der Waals surface area contributed by atoms with Crippen LogP contribution in [0.4, 0.5) is 4.39 Å². The Morgan fingerprint density at radius 2 is 1.83 bits per heavy atom. The zero-order valence-electron chi connectivity index (χ0n) is 13.7. The molecule has 0 bridgehead atoms. The van der Waals surface area contributed by atoms with Crippen LogP contribution in [-0.4, -0.2) is 33.6 Å². The van der Waals surface area contributed by atoms with Gasteiger partial charge in [-0.2, -0.15) is 0 Å². The molecule has 4 nitrogen and oxygen atoms in total. The van der Waals surface area contributed by atoms with Crippen LogP contribution >= 0.6 is 11.8 Å². The molecule has 0 radical (unpaired) electrons. The van der Waals surface area contributed by atoms with E-state index in [9.17, 15) is 9.18 Å². The normalized spacial score (nSPS) is 11.3. The molecule has 0 atom stereocenters. The Bertz CT molecular complexity index is 645. The van der Waals surface area contributed by atoms with Gasteiger partial charge in [0.2, 0.25) is 5.91 Å². The second-order valence-corrected chi connectivity index (χ2v) is 6.70. The van der Waals surface area contributed by atoms with E-state index in [1.54, 1.807) is 18.3 Å². The first-order chi connectivity index (χ1) is 10.9. The topological polar surface area (TPSA) is 46.3 Å². The second kappa shape index (κ2) is 7.64. The quantitative estimate of drug-likeness (QED) is 0.741. The molecule has 0 saturated heterocycles. The molecule has 0 aliphatic carbocycles. The van der Waals surface area contributed by atoms with E-state index in [1.807, 2.05) is 32.6 Å². The van der Waals surface area contributed by atoms with Crippen LogP contribution in [-0.2, 0) is 4.79 Å². The molecule has 1 aromatic heterocycles. The van der Waals surface area contributed by atoms with Crippen LogP contribution < -0.4 is 0 Å². The van der Waals surface area contributed by atoms with E-state index in [2.05, 4.69) is 4.98 Å². The number of hydrogen-bond donors (Lipinski definition) is 0. The maximum Gasteiger partial charge on any atom is 0.256 e. The fraction of sp³-hybridized carbons (Fsp3) is 0.412. The standard InChI is InChI=1S/C17H21FN2O2S/c1-11(2)20(12(3)4)16(21)10-23-17-19-9-15(22-17)13-5-7-14(18)8-6-13/h5-9,11-12H,10H2,1-4H3. The van der Waals surface area contributed by atoms with Crippen molar-refractivity contribution < 1.29 is 13.6 Å². The molecule has 23 heavy (non-hydrogen) atoms. The first-order valence-corrected chi connectivity index (χ1v) is 8.52. The molecule has 0 fully saturated rings. The first kappa shape index (κ1) is 17.5. The Kier molecular flexibility index (Phi) is 5.82. The van der Waals surface area contributed by atoms with Crippen molar-refractivity contribution in [2.45, 2.75) is 45.0 Å². The zero-order chi connectivity index (χ0) is 17.0. The van der Waals surface area contributed by atoms with Gasteiger partial charge in [0.25, 0.3) is 5.22 Å². The van der Waals surface area contributed by atoms with E-state index >= 15 is 0 Å². The van der Waals surface area contributed by atoms with Gasteiger partial charge in [-0.25, -0.2) is 9.37 Å². The molecule has 6 heteroatoms. The third-order valence-electron chi connectivity index (χ3n) is 3.33. The Morgan fingerprint density at radius 1 is 1.22 bits per heavy atom. The lowest BCUT2D eigenvalue weighted by Crippen LogP contribution is -2.43. The molecule has 0 unspecified atom stereocenters. The Morgan fingerprint density at radius 3 is 2.39 bits per heavy atom. The SMILES string of the molecule is CC(C)N(C(=O)CSc1ncc(-c2ccc(F)cc2)o1)C(C)C. The Labute approximate surface area is 140 Å². The Balaban J connectivity index is 1.99. The van der Waals surface area contributed by atoms with Crippen molar-refractivity contribution in [1.29, 1.82) is 0 Å². The number of hydrogen-bond acceptors (Lipinski definition) is 4. The number of nitrogens with zero attached hydrogens (tertiary/aromatic N) is 2. The summed E-state index contributed by atoms with van der Waals surface area (Å²) < 4.78 is 18.6. The monoisotopic (exact) mass is 336 g/mol. The van der Waals surface area contributed by atoms with Crippen LogP contribution in [0.15, 0.2) is 40.1 Å². The van der Waals surface area contributed by atoms with Crippen molar-refractivity contribution >= 4 is 17.7 Å². The second-order valence-electron chi connectivity index (χ2n) is 5.77. The molecular formula is C17H21FN2O2S. The lowest BCUT2D eigenvalue weighted by Gasteiger charge is -2.30. The van der Waals surface area contributed by atoms with Gasteiger partial charge in [-0.15, -0.1) is 0 Å². The smallest absolute Gasteiger partial charge is 0.256 e. The number of carbonyl (C=O) groups excluding carboxylic acids is 1. The van der Waals surface area contributed by atoms with Crippen molar-refractivity contribution in [2.75, 3.05) is 5.75 Å². The summed E-state index contributed by atoms with van der Waals surface area (Å²) in [5, 5.41) is 0.435. The number of rotatable bonds is 6. The van der Waals surface area contributed by atoms with E-state index in [0.29, 0.717) is 11.0 Å². The summed E-state index contributed by atoms with van der Waals surface area (Å²) in [7, 11) is 0. The minimum absolute atomic E-state index is 0.0570. The van der Waals surface area contributed by atoms with Crippen molar-refractivity contribution in [3.05, 3.63) is 36.3 Å². The maximum absolute atomic E-state index is 12.9. The summed E-state index contributed by atoms with van der Waals surface area (Å²) in [6.45, 7) is 8.00.